The Balaban J connectivity index is 2.02. The number of carbonyl (C=O) groups excluding carboxylic acids is 1. The monoisotopic (exact) mass is 225 g/mol. The Kier molecular flexibility index (Phi) is 1.46. The number of aromatic carboxylic acids is 1. The summed E-state index contributed by atoms with van der Waals surface area (Å²) in [4.78, 5) is 22.4. The van der Waals surface area contributed by atoms with Crippen molar-refractivity contribution in [2.45, 2.75) is 18.4 Å². The van der Waals surface area contributed by atoms with Crippen LogP contribution in [0.3, 0.4) is 0 Å². The normalized spacial score (nSPS) is 20.4. The van der Waals surface area contributed by atoms with Gasteiger partial charge in [-0.25, -0.2) is 4.79 Å². The molecule has 0 atom stereocenters. The minimum atomic E-state index is -1.00. The minimum absolute atomic E-state index is 0.159. The van der Waals surface area contributed by atoms with E-state index in [0.29, 0.717) is 23.6 Å². The number of thiophene rings is 1. The zero-order chi connectivity index (χ0) is 10.6. The van der Waals surface area contributed by atoms with Crippen molar-refractivity contribution in [3.63, 3.8) is 0 Å². The lowest BCUT2D eigenvalue weighted by molar-refractivity contribution is -0.125. The molecule has 1 spiro atoms. The Morgan fingerprint density at radius 3 is 2.93 bits per heavy atom. The minimum Gasteiger partial charge on any atom is -0.477 e. The summed E-state index contributed by atoms with van der Waals surface area (Å²) < 4.78 is 5.51. The Bertz CT molecular complexity index is 474. The third kappa shape index (κ3) is 1.14. The summed E-state index contributed by atoms with van der Waals surface area (Å²) in [5, 5.41) is 12.0. The lowest BCUT2D eigenvalue weighted by Crippen LogP contribution is -2.38. The topological polar surface area (TPSA) is 75.6 Å². The fourth-order valence-corrected chi connectivity index (χ4v) is 2.38. The highest BCUT2D eigenvalue weighted by atomic mass is 32.1. The summed E-state index contributed by atoms with van der Waals surface area (Å²) >= 11 is 1.02. The van der Waals surface area contributed by atoms with Gasteiger partial charge in [0.25, 0.3) is 5.91 Å². The molecule has 0 aromatic carbocycles. The quantitative estimate of drug-likeness (QED) is 0.755. The van der Waals surface area contributed by atoms with Crippen LogP contribution in [0.1, 0.15) is 22.5 Å². The third-order valence-corrected chi connectivity index (χ3v) is 3.58. The molecule has 2 aliphatic rings. The van der Waals surface area contributed by atoms with Crippen LogP contribution in [-0.4, -0.2) is 22.6 Å². The van der Waals surface area contributed by atoms with Crippen molar-refractivity contribution in [3.05, 3.63) is 10.9 Å². The second-order valence-electron chi connectivity index (χ2n) is 3.66. The van der Waals surface area contributed by atoms with Crippen molar-refractivity contribution in [1.82, 2.24) is 0 Å². The molecule has 3 rings (SSSR count). The number of rotatable bonds is 1. The molecule has 1 saturated carbocycles. The van der Waals surface area contributed by atoms with Crippen LogP contribution in [0.25, 0.3) is 0 Å². The average molecular weight is 225 g/mol. The van der Waals surface area contributed by atoms with Gasteiger partial charge in [-0.1, -0.05) is 0 Å². The molecule has 2 heterocycles. The molecule has 0 bridgehead atoms. The van der Waals surface area contributed by atoms with Crippen molar-refractivity contribution in [2.24, 2.45) is 0 Å². The first kappa shape index (κ1) is 8.72. The van der Waals surface area contributed by atoms with Gasteiger partial charge in [0.1, 0.15) is 9.88 Å². The van der Waals surface area contributed by atoms with E-state index in [-0.39, 0.29) is 10.8 Å². The molecular weight excluding hydrogens is 218 g/mol. The Morgan fingerprint density at radius 2 is 2.33 bits per heavy atom. The predicted molar refractivity (Wildman–Crippen MR) is 52.5 cm³/mol. The van der Waals surface area contributed by atoms with E-state index in [9.17, 15) is 9.59 Å². The smallest absolute Gasteiger partial charge is 0.346 e. The standard InChI is InChI=1S/C9H7NO4S/c11-7(12)5-3-4-6(15-5)10-8(13)9(14-4)1-2-9/h3H,1-2H2,(H,10,13)(H,11,12). The van der Waals surface area contributed by atoms with E-state index in [2.05, 4.69) is 5.32 Å². The largest absolute Gasteiger partial charge is 0.477 e. The van der Waals surface area contributed by atoms with Crippen LogP contribution in [0.4, 0.5) is 5.00 Å². The van der Waals surface area contributed by atoms with Crippen LogP contribution in [0.15, 0.2) is 6.07 Å². The summed E-state index contributed by atoms with van der Waals surface area (Å²) in [7, 11) is 0. The Morgan fingerprint density at radius 1 is 1.60 bits per heavy atom. The molecule has 6 heteroatoms. The highest BCUT2D eigenvalue weighted by molar-refractivity contribution is 7.18. The maximum absolute atomic E-state index is 11.5. The highest BCUT2D eigenvalue weighted by Crippen LogP contribution is 2.49. The first-order valence-electron chi connectivity index (χ1n) is 4.48. The number of ether oxygens (including phenoxy) is 1. The van der Waals surface area contributed by atoms with Crippen molar-refractivity contribution in [2.75, 3.05) is 5.32 Å². The summed E-state index contributed by atoms with van der Waals surface area (Å²) in [5.41, 5.74) is -0.705. The van der Waals surface area contributed by atoms with Crippen molar-refractivity contribution >= 4 is 28.2 Å². The van der Waals surface area contributed by atoms with Crippen LogP contribution in [0, 0.1) is 0 Å². The molecule has 1 aliphatic carbocycles. The second-order valence-corrected chi connectivity index (χ2v) is 4.71. The molecule has 0 radical (unpaired) electrons. The summed E-state index contributed by atoms with van der Waals surface area (Å²) in [6, 6.07) is 1.46. The van der Waals surface area contributed by atoms with Gasteiger partial charge in [0.2, 0.25) is 0 Å². The van der Waals surface area contributed by atoms with Gasteiger partial charge in [-0.2, -0.15) is 0 Å². The first-order valence-corrected chi connectivity index (χ1v) is 5.30. The van der Waals surface area contributed by atoms with E-state index in [1.165, 1.54) is 6.07 Å². The van der Waals surface area contributed by atoms with Crippen LogP contribution in [0.2, 0.25) is 0 Å². The summed E-state index contributed by atoms with van der Waals surface area (Å²) in [6.07, 6.45) is 1.41. The van der Waals surface area contributed by atoms with Gasteiger partial charge in [0.15, 0.2) is 11.4 Å². The van der Waals surface area contributed by atoms with Crippen LogP contribution in [0.5, 0.6) is 5.75 Å². The first-order chi connectivity index (χ1) is 7.11. The van der Waals surface area contributed by atoms with Gasteiger partial charge in [-0.15, -0.1) is 11.3 Å². The molecule has 2 N–H and O–H groups in total. The van der Waals surface area contributed by atoms with E-state index in [1.54, 1.807) is 0 Å². The number of anilines is 1. The fourth-order valence-electron chi connectivity index (χ4n) is 1.56. The molecule has 1 aromatic heterocycles. The third-order valence-electron chi connectivity index (χ3n) is 2.56. The van der Waals surface area contributed by atoms with Gasteiger partial charge >= 0.3 is 5.97 Å². The number of amides is 1. The molecule has 78 valence electrons. The van der Waals surface area contributed by atoms with Crippen LogP contribution >= 0.6 is 11.3 Å². The average Bonchev–Trinajstić information content (AvgIpc) is 2.81. The van der Waals surface area contributed by atoms with Crippen molar-refractivity contribution in [3.8, 4) is 5.75 Å². The SMILES string of the molecule is O=C(O)c1cc2c(s1)NC(=O)C1(CC1)O2. The molecular formula is C9H7NO4S. The van der Waals surface area contributed by atoms with E-state index in [1.807, 2.05) is 0 Å². The Hall–Kier alpha value is -1.56. The second kappa shape index (κ2) is 2.52. The fraction of sp³-hybridized carbons (Fsp3) is 0.333. The van der Waals surface area contributed by atoms with Crippen LogP contribution in [-0.2, 0) is 4.79 Å². The predicted octanol–water partition coefficient (Wildman–Crippen LogP) is 1.31. The molecule has 0 saturated heterocycles. The molecule has 0 unspecified atom stereocenters. The number of nitrogens with one attached hydrogen (secondary N) is 1. The number of fused-ring (bicyclic) bond motifs is 1. The molecule has 1 amide bonds. The summed E-state index contributed by atoms with van der Waals surface area (Å²) in [5.74, 6) is -0.680. The van der Waals surface area contributed by atoms with Gasteiger partial charge < -0.3 is 15.2 Å². The zero-order valence-electron chi connectivity index (χ0n) is 7.57. The lowest BCUT2D eigenvalue weighted by Gasteiger charge is -2.22. The van der Waals surface area contributed by atoms with E-state index in [4.69, 9.17) is 9.84 Å². The van der Waals surface area contributed by atoms with Crippen molar-refractivity contribution in [1.29, 1.82) is 0 Å². The number of carboxylic acid groups (broad SMARTS) is 1. The number of carboxylic acids is 1. The van der Waals surface area contributed by atoms with E-state index in [0.717, 1.165) is 11.3 Å². The lowest BCUT2D eigenvalue weighted by atomic mass is 10.2. The maximum Gasteiger partial charge on any atom is 0.346 e. The highest BCUT2D eigenvalue weighted by Gasteiger charge is 2.55. The van der Waals surface area contributed by atoms with Crippen LogP contribution < -0.4 is 10.1 Å². The van der Waals surface area contributed by atoms with Crippen molar-refractivity contribution < 1.29 is 19.4 Å². The molecule has 1 fully saturated rings. The zero-order valence-corrected chi connectivity index (χ0v) is 8.39. The Labute approximate surface area is 88.7 Å². The van der Waals surface area contributed by atoms with Gasteiger partial charge in [-0.05, 0) is 0 Å². The van der Waals surface area contributed by atoms with Gasteiger partial charge in [-0.3, -0.25) is 4.79 Å². The molecule has 1 aliphatic heterocycles. The molecule has 15 heavy (non-hydrogen) atoms. The summed E-state index contributed by atoms with van der Waals surface area (Å²) in [6.45, 7) is 0. The van der Waals surface area contributed by atoms with E-state index >= 15 is 0 Å². The molecule has 1 aromatic rings. The number of hydrogen-bond acceptors (Lipinski definition) is 4. The maximum atomic E-state index is 11.5. The van der Waals surface area contributed by atoms with E-state index < -0.39 is 11.6 Å². The van der Waals surface area contributed by atoms with Gasteiger partial charge in [0, 0.05) is 18.9 Å². The molecule has 5 nitrogen and oxygen atoms in total. The number of carbonyl (C=O) groups is 2. The number of hydrogen-bond donors (Lipinski definition) is 2. The van der Waals surface area contributed by atoms with Gasteiger partial charge in [0.05, 0.1) is 0 Å².